The number of benzene rings is 2. The molecular weight excluding hydrogens is 320 g/mol. The van der Waals surface area contributed by atoms with E-state index < -0.39 is 0 Å². The highest BCUT2D eigenvalue weighted by atomic mass is 32.2. The lowest BCUT2D eigenvalue weighted by Gasteiger charge is -2.36. The minimum atomic E-state index is -0.0697. The molecule has 1 heterocycles. The van der Waals surface area contributed by atoms with Crippen LogP contribution in [0.2, 0.25) is 0 Å². The number of aliphatic hydroxyl groups excluding tert-OH is 1. The number of para-hydroxylation sites is 1. The molecule has 0 saturated carbocycles. The van der Waals surface area contributed by atoms with E-state index in [1.807, 2.05) is 44.2 Å². The molecule has 2 N–H and O–H groups in total. The van der Waals surface area contributed by atoms with E-state index in [1.165, 1.54) is 0 Å². The Morgan fingerprint density at radius 1 is 1.21 bits per heavy atom. The third kappa shape index (κ3) is 3.14. The number of nitrogens with zero attached hydrogens (tertiary/aromatic N) is 1. The van der Waals surface area contributed by atoms with Crippen LogP contribution in [0.5, 0.6) is 0 Å². The molecule has 2 aromatic carbocycles. The Kier molecular flexibility index (Phi) is 5.11. The fourth-order valence-corrected chi connectivity index (χ4v) is 3.87. The lowest BCUT2D eigenvalue weighted by atomic mass is 10.1. The molecule has 1 atom stereocenters. The molecule has 0 spiro atoms. The zero-order valence-electron chi connectivity index (χ0n) is 14.0. The summed E-state index contributed by atoms with van der Waals surface area (Å²) >= 11 is 1.70. The Balaban J connectivity index is 2.03. The molecule has 0 saturated heterocycles. The topological polar surface area (TPSA) is 52.6 Å². The third-order valence-electron chi connectivity index (χ3n) is 4.07. The van der Waals surface area contributed by atoms with Crippen LogP contribution in [0.1, 0.15) is 30.6 Å². The van der Waals surface area contributed by atoms with E-state index in [2.05, 4.69) is 22.3 Å². The molecule has 1 aliphatic heterocycles. The Labute approximate surface area is 146 Å². The molecule has 1 amide bonds. The number of carbonyl (C=O) groups excluding carboxylic acids is 1. The minimum Gasteiger partial charge on any atom is -0.394 e. The highest BCUT2D eigenvalue weighted by molar-refractivity contribution is 7.99. The second-order valence-corrected chi connectivity index (χ2v) is 6.99. The summed E-state index contributed by atoms with van der Waals surface area (Å²) in [6.45, 7) is 4.74. The highest BCUT2D eigenvalue weighted by Gasteiger charge is 2.27. The van der Waals surface area contributed by atoms with Gasteiger partial charge >= 0.3 is 0 Å². The van der Waals surface area contributed by atoms with E-state index in [0.717, 1.165) is 27.6 Å². The van der Waals surface area contributed by atoms with Crippen molar-refractivity contribution in [3.8, 4) is 0 Å². The summed E-state index contributed by atoms with van der Waals surface area (Å²) in [6.07, 6.45) is 0.910. The van der Waals surface area contributed by atoms with Crippen LogP contribution in [-0.2, 0) is 0 Å². The van der Waals surface area contributed by atoms with Crippen molar-refractivity contribution in [1.29, 1.82) is 0 Å². The Morgan fingerprint density at radius 2 is 1.96 bits per heavy atom. The maximum Gasteiger partial charge on any atom is 0.251 e. The predicted octanol–water partition coefficient (Wildman–Crippen LogP) is 3.81. The number of aliphatic hydroxyl groups is 1. The van der Waals surface area contributed by atoms with Gasteiger partial charge in [0.25, 0.3) is 5.91 Å². The monoisotopic (exact) mass is 342 g/mol. The lowest BCUT2D eigenvalue weighted by Crippen LogP contribution is -2.33. The highest BCUT2D eigenvalue weighted by Crippen LogP contribution is 2.49. The molecule has 2 aromatic rings. The first-order valence-electron chi connectivity index (χ1n) is 8.25. The van der Waals surface area contributed by atoms with Crippen molar-refractivity contribution in [2.75, 3.05) is 18.1 Å². The number of anilines is 2. The summed E-state index contributed by atoms with van der Waals surface area (Å²) in [4.78, 5) is 16.7. The van der Waals surface area contributed by atoms with Crippen molar-refractivity contribution < 1.29 is 9.90 Å². The predicted molar refractivity (Wildman–Crippen MR) is 98.3 cm³/mol. The molecule has 24 heavy (non-hydrogen) atoms. The molecule has 5 heteroatoms. The molecule has 0 radical (unpaired) electrons. The van der Waals surface area contributed by atoms with Gasteiger partial charge < -0.3 is 15.3 Å². The Morgan fingerprint density at radius 3 is 2.71 bits per heavy atom. The average Bonchev–Trinajstić information content (AvgIpc) is 2.63. The van der Waals surface area contributed by atoms with Gasteiger partial charge in [0.2, 0.25) is 0 Å². The maximum absolute atomic E-state index is 12.3. The number of nitrogens with one attached hydrogen (secondary N) is 1. The van der Waals surface area contributed by atoms with Gasteiger partial charge in [-0.1, -0.05) is 30.8 Å². The van der Waals surface area contributed by atoms with Gasteiger partial charge in [-0.05, 0) is 43.7 Å². The Hall–Kier alpha value is -1.98. The summed E-state index contributed by atoms with van der Waals surface area (Å²) in [5, 5.41) is 12.6. The van der Waals surface area contributed by atoms with Gasteiger partial charge in [0.15, 0.2) is 0 Å². The van der Waals surface area contributed by atoms with E-state index in [4.69, 9.17) is 0 Å². The number of hydrogen-bond acceptors (Lipinski definition) is 4. The van der Waals surface area contributed by atoms with Gasteiger partial charge in [-0.3, -0.25) is 4.79 Å². The first-order chi connectivity index (χ1) is 11.7. The zero-order chi connectivity index (χ0) is 17.1. The molecule has 1 unspecified atom stereocenters. The van der Waals surface area contributed by atoms with Gasteiger partial charge in [0.1, 0.15) is 0 Å². The summed E-state index contributed by atoms with van der Waals surface area (Å²) < 4.78 is 0. The smallest absolute Gasteiger partial charge is 0.251 e. The van der Waals surface area contributed by atoms with Crippen molar-refractivity contribution in [2.24, 2.45) is 0 Å². The maximum atomic E-state index is 12.3. The van der Waals surface area contributed by atoms with Crippen LogP contribution < -0.4 is 10.2 Å². The molecule has 0 fully saturated rings. The fourth-order valence-electron chi connectivity index (χ4n) is 2.82. The van der Waals surface area contributed by atoms with Crippen molar-refractivity contribution in [1.82, 2.24) is 5.32 Å². The van der Waals surface area contributed by atoms with E-state index in [0.29, 0.717) is 12.1 Å². The number of amides is 1. The van der Waals surface area contributed by atoms with Crippen LogP contribution >= 0.6 is 11.8 Å². The summed E-state index contributed by atoms with van der Waals surface area (Å²) in [5.74, 6) is -0.0555. The first-order valence-corrected chi connectivity index (χ1v) is 9.06. The molecule has 3 rings (SSSR count). The van der Waals surface area contributed by atoms with Crippen LogP contribution in [0.15, 0.2) is 52.3 Å². The molecule has 0 bridgehead atoms. The van der Waals surface area contributed by atoms with Gasteiger partial charge in [0, 0.05) is 21.9 Å². The number of hydrogen-bond donors (Lipinski definition) is 2. The van der Waals surface area contributed by atoms with Crippen LogP contribution in [0.25, 0.3) is 0 Å². The second-order valence-electron chi connectivity index (χ2n) is 5.91. The zero-order valence-corrected chi connectivity index (χ0v) is 14.8. The van der Waals surface area contributed by atoms with Crippen LogP contribution in [0, 0.1) is 0 Å². The number of carbonyl (C=O) groups is 1. The molecular formula is C19H22N2O2S. The normalized spacial score (nSPS) is 13.9. The number of rotatable bonds is 5. The molecule has 1 aliphatic rings. The SMILES string of the molecule is CCCNC(=O)c1ccc2c(c1)N(C(C)CO)c1ccccc1S2. The quantitative estimate of drug-likeness (QED) is 0.867. The third-order valence-corrected chi connectivity index (χ3v) is 5.20. The molecule has 4 nitrogen and oxygen atoms in total. The summed E-state index contributed by atoms with van der Waals surface area (Å²) in [6, 6.07) is 13.9. The van der Waals surface area contributed by atoms with Crippen molar-refractivity contribution in [3.05, 3.63) is 48.0 Å². The van der Waals surface area contributed by atoms with Crippen LogP contribution in [0.3, 0.4) is 0 Å². The fraction of sp³-hybridized carbons (Fsp3) is 0.316. The summed E-state index contributed by atoms with van der Waals surface area (Å²) in [5.41, 5.74) is 2.70. The average molecular weight is 342 g/mol. The Bertz CT molecular complexity index is 748. The van der Waals surface area contributed by atoms with Crippen molar-refractivity contribution in [2.45, 2.75) is 36.1 Å². The lowest BCUT2D eigenvalue weighted by molar-refractivity contribution is 0.0953. The van der Waals surface area contributed by atoms with Crippen molar-refractivity contribution in [3.63, 3.8) is 0 Å². The van der Waals surface area contributed by atoms with Gasteiger partial charge in [0.05, 0.1) is 24.0 Å². The molecule has 0 aliphatic carbocycles. The standard InChI is InChI=1S/C19H22N2O2S/c1-3-10-20-19(23)14-8-9-18-16(11-14)21(13(2)12-22)15-6-4-5-7-17(15)24-18/h4-9,11,13,22H,3,10,12H2,1-2H3,(H,20,23). The molecule has 126 valence electrons. The summed E-state index contributed by atoms with van der Waals surface area (Å²) in [7, 11) is 0. The minimum absolute atomic E-state index is 0.0463. The van der Waals surface area contributed by atoms with Crippen LogP contribution in [0.4, 0.5) is 11.4 Å². The van der Waals surface area contributed by atoms with E-state index in [-0.39, 0.29) is 18.6 Å². The molecule has 0 aromatic heterocycles. The van der Waals surface area contributed by atoms with Crippen molar-refractivity contribution >= 4 is 29.0 Å². The van der Waals surface area contributed by atoms with Gasteiger partial charge in [-0.25, -0.2) is 0 Å². The van der Waals surface area contributed by atoms with E-state index in [9.17, 15) is 9.90 Å². The number of fused-ring (bicyclic) bond motifs is 2. The van der Waals surface area contributed by atoms with Crippen LogP contribution in [-0.4, -0.2) is 30.2 Å². The van der Waals surface area contributed by atoms with E-state index in [1.54, 1.807) is 11.8 Å². The van der Waals surface area contributed by atoms with Gasteiger partial charge in [-0.15, -0.1) is 0 Å². The van der Waals surface area contributed by atoms with Gasteiger partial charge in [-0.2, -0.15) is 0 Å². The van der Waals surface area contributed by atoms with E-state index >= 15 is 0 Å². The second kappa shape index (κ2) is 7.28. The first kappa shape index (κ1) is 16.9. The largest absolute Gasteiger partial charge is 0.394 e.